The fourth-order valence-electron chi connectivity index (χ4n) is 2.14. The molecule has 0 bridgehead atoms. The molecule has 0 amide bonds. The zero-order valence-corrected chi connectivity index (χ0v) is 12.3. The van der Waals surface area contributed by atoms with Crippen molar-refractivity contribution in [1.82, 2.24) is 4.90 Å². The zero-order chi connectivity index (χ0) is 13.6. The quantitative estimate of drug-likeness (QED) is 0.826. The van der Waals surface area contributed by atoms with Crippen LogP contribution in [0, 0.1) is 16.7 Å². The largest absolute Gasteiger partial charge is 0.481 e. The van der Waals surface area contributed by atoms with E-state index >= 15 is 0 Å². The van der Waals surface area contributed by atoms with Crippen LogP contribution in [0.15, 0.2) is 0 Å². The lowest BCUT2D eigenvalue weighted by atomic mass is 9.68. The molecule has 0 aromatic heterocycles. The normalized spacial score (nSPS) is 20.2. The molecule has 0 unspecified atom stereocenters. The second-order valence-electron chi connectivity index (χ2n) is 7.46. The Balaban J connectivity index is 2.74. The van der Waals surface area contributed by atoms with Gasteiger partial charge in [-0.25, -0.2) is 0 Å². The molecule has 0 atom stereocenters. The Bertz CT molecular complexity index is 307. The van der Waals surface area contributed by atoms with Gasteiger partial charge in [0.05, 0.1) is 5.41 Å². The van der Waals surface area contributed by atoms with Gasteiger partial charge in [-0.3, -0.25) is 9.69 Å². The lowest BCUT2D eigenvalue weighted by molar-refractivity contribution is -0.162. The predicted molar refractivity (Wildman–Crippen MR) is 70.0 cm³/mol. The lowest BCUT2D eigenvalue weighted by Crippen LogP contribution is -2.66. The van der Waals surface area contributed by atoms with Gasteiger partial charge in [0, 0.05) is 18.6 Å². The van der Waals surface area contributed by atoms with Gasteiger partial charge in [-0.15, -0.1) is 0 Å². The second kappa shape index (κ2) is 3.98. The van der Waals surface area contributed by atoms with Gasteiger partial charge >= 0.3 is 5.97 Å². The second-order valence-corrected chi connectivity index (χ2v) is 7.46. The summed E-state index contributed by atoms with van der Waals surface area (Å²) in [5.74, 6) is -0.0481. The Morgan fingerprint density at radius 2 is 1.47 bits per heavy atom. The van der Waals surface area contributed by atoms with E-state index in [1.165, 1.54) is 0 Å². The minimum Gasteiger partial charge on any atom is -0.481 e. The fourth-order valence-corrected chi connectivity index (χ4v) is 2.14. The number of hydrogen-bond donors (Lipinski definition) is 1. The summed E-state index contributed by atoms with van der Waals surface area (Å²) < 4.78 is 0. The topological polar surface area (TPSA) is 40.5 Å². The smallest absolute Gasteiger partial charge is 0.310 e. The van der Waals surface area contributed by atoms with Crippen molar-refractivity contribution in [2.45, 2.75) is 54.0 Å². The van der Waals surface area contributed by atoms with E-state index in [0.29, 0.717) is 11.3 Å². The first kappa shape index (κ1) is 14.5. The summed E-state index contributed by atoms with van der Waals surface area (Å²) in [7, 11) is 0. The average Bonchev–Trinajstić information content (AvgIpc) is 1.96. The summed E-state index contributed by atoms with van der Waals surface area (Å²) in [5, 5.41) is 9.34. The van der Waals surface area contributed by atoms with Gasteiger partial charge < -0.3 is 5.11 Å². The lowest BCUT2D eigenvalue weighted by Gasteiger charge is -2.57. The van der Waals surface area contributed by atoms with Crippen molar-refractivity contribution in [1.29, 1.82) is 0 Å². The maximum absolute atomic E-state index is 11.4. The monoisotopic (exact) mass is 241 g/mol. The molecule has 100 valence electrons. The average molecular weight is 241 g/mol. The Kier molecular flexibility index (Phi) is 3.39. The van der Waals surface area contributed by atoms with Crippen molar-refractivity contribution in [3.63, 3.8) is 0 Å². The molecule has 1 aliphatic heterocycles. The Hall–Kier alpha value is -0.570. The summed E-state index contributed by atoms with van der Waals surface area (Å²) >= 11 is 0. The number of likely N-dealkylation sites (tertiary alicyclic amines) is 1. The SMILES string of the molecule is CC(C)(C)C1CN(C(C)(C)C(C)(C)C(=O)O)C1. The number of carboxylic acid groups (broad SMARTS) is 1. The fraction of sp³-hybridized carbons (Fsp3) is 0.929. The van der Waals surface area contributed by atoms with Gasteiger partial charge in [-0.05, 0) is 39.0 Å². The van der Waals surface area contributed by atoms with E-state index in [-0.39, 0.29) is 5.54 Å². The van der Waals surface area contributed by atoms with Gasteiger partial charge in [0.1, 0.15) is 0 Å². The highest BCUT2D eigenvalue weighted by Crippen LogP contribution is 2.43. The number of aliphatic carboxylic acids is 1. The molecule has 0 saturated carbocycles. The molecule has 1 saturated heterocycles. The molecule has 1 aliphatic rings. The maximum atomic E-state index is 11.4. The van der Waals surface area contributed by atoms with E-state index in [9.17, 15) is 9.90 Å². The molecule has 1 heterocycles. The first-order chi connectivity index (χ1) is 7.40. The third-order valence-corrected chi connectivity index (χ3v) is 4.96. The third-order valence-electron chi connectivity index (χ3n) is 4.96. The van der Waals surface area contributed by atoms with Crippen molar-refractivity contribution < 1.29 is 9.90 Å². The van der Waals surface area contributed by atoms with Crippen molar-refractivity contribution in [3.05, 3.63) is 0 Å². The van der Waals surface area contributed by atoms with Gasteiger partial charge in [0.2, 0.25) is 0 Å². The molecule has 0 spiro atoms. The van der Waals surface area contributed by atoms with Crippen LogP contribution in [0.25, 0.3) is 0 Å². The van der Waals surface area contributed by atoms with Gasteiger partial charge in [-0.1, -0.05) is 20.8 Å². The van der Waals surface area contributed by atoms with E-state index in [1.54, 1.807) is 0 Å². The van der Waals surface area contributed by atoms with Crippen LogP contribution < -0.4 is 0 Å². The molecule has 1 N–H and O–H groups in total. The van der Waals surface area contributed by atoms with Crippen LogP contribution in [0.1, 0.15) is 48.5 Å². The Labute approximate surface area is 105 Å². The highest BCUT2D eigenvalue weighted by Gasteiger charge is 2.52. The van der Waals surface area contributed by atoms with E-state index in [0.717, 1.165) is 13.1 Å². The first-order valence-corrected chi connectivity index (χ1v) is 6.39. The molecular formula is C14H27NO2. The van der Waals surface area contributed by atoms with Gasteiger partial charge in [-0.2, -0.15) is 0 Å². The molecule has 1 fully saturated rings. The maximum Gasteiger partial charge on any atom is 0.310 e. The van der Waals surface area contributed by atoms with Gasteiger partial charge in [0.15, 0.2) is 0 Å². The summed E-state index contributed by atoms with van der Waals surface area (Å²) in [6.07, 6.45) is 0. The molecule has 1 rings (SSSR count). The van der Waals surface area contributed by atoms with Crippen LogP contribution in [0.3, 0.4) is 0 Å². The van der Waals surface area contributed by atoms with Crippen LogP contribution >= 0.6 is 0 Å². The third kappa shape index (κ3) is 2.35. The van der Waals surface area contributed by atoms with Crippen molar-refractivity contribution in [2.75, 3.05) is 13.1 Å². The van der Waals surface area contributed by atoms with E-state index < -0.39 is 11.4 Å². The molecule has 3 heteroatoms. The van der Waals surface area contributed by atoms with Crippen molar-refractivity contribution >= 4 is 5.97 Å². The number of hydrogen-bond acceptors (Lipinski definition) is 2. The number of carbonyl (C=O) groups is 1. The van der Waals surface area contributed by atoms with E-state index in [4.69, 9.17) is 0 Å². The molecule has 3 nitrogen and oxygen atoms in total. The highest BCUT2D eigenvalue weighted by molar-refractivity contribution is 5.75. The molecule has 17 heavy (non-hydrogen) atoms. The molecular weight excluding hydrogens is 214 g/mol. The van der Waals surface area contributed by atoms with Crippen LogP contribution in [-0.2, 0) is 4.79 Å². The molecule has 0 aromatic carbocycles. The summed E-state index contributed by atoms with van der Waals surface area (Å²) in [5.41, 5.74) is -0.712. The minimum atomic E-state index is -0.726. The first-order valence-electron chi connectivity index (χ1n) is 6.39. The highest BCUT2D eigenvalue weighted by atomic mass is 16.4. The predicted octanol–water partition coefficient (Wildman–Crippen LogP) is 2.85. The van der Waals surface area contributed by atoms with Crippen LogP contribution in [0.4, 0.5) is 0 Å². The summed E-state index contributed by atoms with van der Waals surface area (Å²) in [6, 6.07) is 0. The van der Waals surface area contributed by atoms with Crippen molar-refractivity contribution in [3.8, 4) is 0 Å². The van der Waals surface area contributed by atoms with Crippen molar-refractivity contribution in [2.24, 2.45) is 16.7 Å². The van der Waals surface area contributed by atoms with Crippen LogP contribution in [-0.4, -0.2) is 34.6 Å². The number of carboxylic acids is 1. The molecule has 0 aromatic rings. The molecule has 0 radical (unpaired) electrons. The van der Waals surface area contributed by atoms with Crippen LogP contribution in [0.5, 0.6) is 0 Å². The van der Waals surface area contributed by atoms with E-state index in [2.05, 4.69) is 25.7 Å². The zero-order valence-electron chi connectivity index (χ0n) is 12.3. The number of rotatable bonds is 3. The molecule has 0 aliphatic carbocycles. The number of nitrogens with zero attached hydrogens (tertiary/aromatic N) is 1. The Morgan fingerprint density at radius 3 is 1.76 bits per heavy atom. The van der Waals surface area contributed by atoms with Gasteiger partial charge in [0.25, 0.3) is 0 Å². The summed E-state index contributed by atoms with van der Waals surface area (Å²) in [4.78, 5) is 13.7. The standard InChI is InChI=1S/C14H27NO2/c1-12(2,3)10-8-15(9-10)14(6,7)13(4,5)11(16)17/h10H,8-9H2,1-7H3,(H,16,17). The van der Waals surface area contributed by atoms with Crippen LogP contribution in [0.2, 0.25) is 0 Å². The minimum absolute atomic E-state index is 0.305. The summed E-state index contributed by atoms with van der Waals surface area (Å²) in [6.45, 7) is 16.5. The van der Waals surface area contributed by atoms with E-state index in [1.807, 2.05) is 27.7 Å². The Morgan fingerprint density at radius 1 is 1.06 bits per heavy atom.